The molecule has 0 radical (unpaired) electrons. The number of nitrogens with one attached hydrogen (secondary N) is 2. The highest BCUT2D eigenvalue weighted by atomic mass is 16.4. The summed E-state index contributed by atoms with van der Waals surface area (Å²) in [5.41, 5.74) is 0. The molecular weight excluding hydrogens is 244 g/mol. The molecule has 0 heterocycles. The van der Waals surface area contributed by atoms with E-state index in [0.717, 1.165) is 18.8 Å². The van der Waals surface area contributed by atoms with Crippen LogP contribution in [0.25, 0.3) is 0 Å². The number of carbonyl (C=O) groups is 2. The first-order valence-electron chi connectivity index (χ1n) is 7.22. The van der Waals surface area contributed by atoms with Crippen molar-refractivity contribution in [3.63, 3.8) is 0 Å². The van der Waals surface area contributed by atoms with E-state index in [0.29, 0.717) is 6.42 Å². The molecule has 1 aliphatic rings. The SMILES string of the molecule is CCC(CC1CC1)NC(=O)N[C@H](CC(C)C)C(=O)O. The summed E-state index contributed by atoms with van der Waals surface area (Å²) in [5.74, 6) is 0.00473. The quantitative estimate of drug-likeness (QED) is 0.633. The Hall–Kier alpha value is -1.26. The van der Waals surface area contributed by atoms with Crippen LogP contribution in [0.3, 0.4) is 0 Å². The molecule has 110 valence electrons. The predicted octanol–water partition coefficient (Wildman–Crippen LogP) is 2.36. The summed E-state index contributed by atoms with van der Waals surface area (Å²) < 4.78 is 0. The normalized spacial score (nSPS) is 17.9. The Morgan fingerprint density at radius 2 is 1.89 bits per heavy atom. The van der Waals surface area contributed by atoms with Crippen LogP contribution in [0, 0.1) is 11.8 Å². The van der Waals surface area contributed by atoms with Gasteiger partial charge < -0.3 is 15.7 Å². The fourth-order valence-electron chi connectivity index (χ4n) is 2.16. The Kier molecular flexibility index (Phi) is 6.12. The molecule has 1 aliphatic carbocycles. The first-order valence-corrected chi connectivity index (χ1v) is 7.22. The van der Waals surface area contributed by atoms with E-state index in [1.165, 1.54) is 12.8 Å². The lowest BCUT2D eigenvalue weighted by molar-refractivity contribution is -0.139. The van der Waals surface area contributed by atoms with Gasteiger partial charge in [0.1, 0.15) is 6.04 Å². The van der Waals surface area contributed by atoms with Crippen LogP contribution in [0.1, 0.15) is 52.9 Å². The van der Waals surface area contributed by atoms with Gasteiger partial charge in [0, 0.05) is 6.04 Å². The molecule has 1 unspecified atom stereocenters. The van der Waals surface area contributed by atoms with Crippen molar-refractivity contribution in [3.8, 4) is 0 Å². The lowest BCUT2D eigenvalue weighted by Gasteiger charge is -2.21. The van der Waals surface area contributed by atoms with Gasteiger partial charge in [-0.2, -0.15) is 0 Å². The summed E-state index contributed by atoms with van der Waals surface area (Å²) in [6.45, 7) is 5.92. The van der Waals surface area contributed by atoms with Crippen LogP contribution < -0.4 is 10.6 Å². The Balaban J connectivity index is 2.39. The smallest absolute Gasteiger partial charge is 0.326 e. The molecule has 5 nitrogen and oxygen atoms in total. The van der Waals surface area contributed by atoms with E-state index in [-0.39, 0.29) is 18.0 Å². The second kappa shape index (κ2) is 7.36. The number of amides is 2. The zero-order chi connectivity index (χ0) is 14.4. The van der Waals surface area contributed by atoms with Gasteiger partial charge in [-0.15, -0.1) is 0 Å². The zero-order valence-corrected chi connectivity index (χ0v) is 12.1. The van der Waals surface area contributed by atoms with Gasteiger partial charge >= 0.3 is 12.0 Å². The maximum Gasteiger partial charge on any atom is 0.326 e. The number of carbonyl (C=O) groups excluding carboxylic acids is 1. The van der Waals surface area contributed by atoms with E-state index >= 15 is 0 Å². The van der Waals surface area contributed by atoms with Crippen LogP contribution >= 0.6 is 0 Å². The topological polar surface area (TPSA) is 78.4 Å². The molecule has 0 saturated heterocycles. The van der Waals surface area contributed by atoms with E-state index in [1.54, 1.807) is 0 Å². The van der Waals surface area contributed by atoms with Crippen LogP contribution in [0.15, 0.2) is 0 Å². The first kappa shape index (κ1) is 15.8. The van der Waals surface area contributed by atoms with Crippen LogP contribution in [0.5, 0.6) is 0 Å². The molecule has 19 heavy (non-hydrogen) atoms. The third-order valence-electron chi connectivity index (χ3n) is 3.45. The molecule has 2 amide bonds. The molecular formula is C14H26N2O3. The molecule has 0 aromatic heterocycles. The lowest BCUT2D eigenvalue weighted by atomic mass is 10.0. The summed E-state index contributed by atoms with van der Waals surface area (Å²) in [7, 11) is 0. The maximum atomic E-state index is 11.8. The molecule has 0 bridgehead atoms. The third kappa shape index (κ3) is 6.45. The van der Waals surface area contributed by atoms with Crippen molar-refractivity contribution in [1.29, 1.82) is 0 Å². The van der Waals surface area contributed by atoms with Gasteiger partial charge in [0.05, 0.1) is 0 Å². The molecule has 1 saturated carbocycles. The Morgan fingerprint density at radius 3 is 2.32 bits per heavy atom. The van der Waals surface area contributed by atoms with E-state index in [2.05, 4.69) is 10.6 Å². The highest BCUT2D eigenvalue weighted by Crippen LogP contribution is 2.33. The second-order valence-electron chi connectivity index (χ2n) is 5.92. The second-order valence-corrected chi connectivity index (χ2v) is 5.92. The van der Waals surface area contributed by atoms with Gasteiger partial charge in [0.2, 0.25) is 0 Å². The average molecular weight is 270 g/mol. The Labute approximate surface area is 115 Å². The fraction of sp³-hybridized carbons (Fsp3) is 0.857. The van der Waals surface area contributed by atoms with E-state index in [9.17, 15) is 9.59 Å². The molecule has 0 aromatic carbocycles. The Morgan fingerprint density at radius 1 is 1.26 bits per heavy atom. The highest BCUT2D eigenvalue weighted by Gasteiger charge is 2.26. The minimum absolute atomic E-state index is 0.154. The molecule has 0 aromatic rings. The van der Waals surface area contributed by atoms with Gasteiger partial charge in [0.15, 0.2) is 0 Å². The van der Waals surface area contributed by atoms with Gasteiger partial charge in [-0.05, 0) is 31.1 Å². The minimum atomic E-state index is -0.973. The van der Waals surface area contributed by atoms with Gasteiger partial charge in [0.25, 0.3) is 0 Å². The summed E-state index contributed by atoms with van der Waals surface area (Å²) in [6, 6.07) is -1.01. The van der Waals surface area contributed by atoms with Crippen LogP contribution in [0.2, 0.25) is 0 Å². The third-order valence-corrected chi connectivity index (χ3v) is 3.45. The Bertz CT molecular complexity index is 314. The van der Waals surface area contributed by atoms with Crippen molar-refractivity contribution >= 4 is 12.0 Å². The first-order chi connectivity index (χ1) is 8.92. The molecule has 1 fully saturated rings. The number of carboxylic acid groups (broad SMARTS) is 1. The zero-order valence-electron chi connectivity index (χ0n) is 12.1. The fourth-order valence-corrected chi connectivity index (χ4v) is 2.16. The number of aliphatic carboxylic acids is 1. The maximum absolute atomic E-state index is 11.8. The van der Waals surface area contributed by atoms with Crippen molar-refractivity contribution in [1.82, 2.24) is 10.6 Å². The summed E-state index contributed by atoms with van der Waals surface area (Å²) in [4.78, 5) is 22.9. The van der Waals surface area contributed by atoms with Crippen molar-refractivity contribution < 1.29 is 14.7 Å². The van der Waals surface area contributed by atoms with Gasteiger partial charge in [-0.1, -0.05) is 33.6 Å². The number of urea groups is 1. The molecule has 1 rings (SSSR count). The van der Waals surface area contributed by atoms with Crippen molar-refractivity contribution in [2.45, 2.75) is 65.0 Å². The molecule has 5 heteroatoms. The van der Waals surface area contributed by atoms with E-state index in [4.69, 9.17) is 5.11 Å². The average Bonchev–Trinajstić information content (AvgIpc) is 3.10. The van der Waals surface area contributed by atoms with Crippen LogP contribution in [0.4, 0.5) is 4.79 Å². The predicted molar refractivity (Wildman–Crippen MR) is 74.0 cm³/mol. The van der Waals surface area contributed by atoms with Gasteiger partial charge in [-0.25, -0.2) is 9.59 Å². The van der Waals surface area contributed by atoms with Crippen LogP contribution in [-0.2, 0) is 4.79 Å². The molecule has 0 aliphatic heterocycles. The number of hydrogen-bond acceptors (Lipinski definition) is 2. The van der Waals surface area contributed by atoms with Crippen molar-refractivity contribution in [2.75, 3.05) is 0 Å². The minimum Gasteiger partial charge on any atom is -0.480 e. The summed E-state index contributed by atoms with van der Waals surface area (Å²) in [6.07, 6.45) is 4.84. The molecule has 2 atom stereocenters. The standard InChI is InChI=1S/C14H26N2O3/c1-4-11(8-10-5-6-10)15-14(19)16-12(13(17)18)7-9(2)3/h9-12H,4-8H2,1-3H3,(H,17,18)(H2,15,16,19)/t11?,12-/m1/s1. The van der Waals surface area contributed by atoms with Gasteiger partial charge in [-0.3, -0.25) is 0 Å². The molecule has 3 N–H and O–H groups in total. The summed E-state index contributed by atoms with van der Waals surface area (Å²) in [5, 5.41) is 14.5. The van der Waals surface area contributed by atoms with Crippen molar-refractivity contribution in [2.24, 2.45) is 11.8 Å². The highest BCUT2D eigenvalue weighted by molar-refractivity contribution is 5.82. The summed E-state index contributed by atoms with van der Waals surface area (Å²) >= 11 is 0. The van der Waals surface area contributed by atoms with E-state index < -0.39 is 12.0 Å². The molecule has 0 spiro atoms. The monoisotopic (exact) mass is 270 g/mol. The lowest BCUT2D eigenvalue weighted by Crippen LogP contribution is -2.49. The van der Waals surface area contributed by atoms with Crippen molar-refractivity contribution in [3.05, 3.63) is 0 Å². The largest absolute Gasteiger partial charge is 0.480 e. The van der Waals surface area contributed by atoms with E-state index in [1.807, 2.05) is 20.8 Å². The number of carboxylic acids is 1. The van der Waals surface area contributed by atoms with Crippen LogP contribution in [-0.4, -0.2) is 29.2 Å². The number of rotatable bonds is 8. The number of hydrogen-bond donors (Lipinski definition) is 3.